The zero-order valence-electron chi connectivity index (χ0n) is 15.6. The zero-order valence-corrected chi connectivity index (χ0v) is 15.6. The second kappa shape index (κ2) is 6.53. The number of halogens is 2. The maximum Gasteiger partial charge on any atom is 0.266 e. The highest BCUT2D eigenvalue weighted by Gasteiger charge is 2.56. The smallest absolute Gasteiger partial charge is 0.266 e. The van der Waals surface area contributed by atoms with Gasteiger partial charge in [0.15, 0.2) is 0 Å². The van der Waals surface area contributed by atoms with Gasteiger partial charge < -0.3 is 9.80 Å². The van der Waals surface area contributed by atoms with Crippen molar-refractivity contribution in [3.63, 3.8) is 0 Å². The second-order valence-electron chi connectivity index (χ2n) is 8.38. The highest BCUT2D eigenvalue weighted by molar-refractivity contribution is 5.86. The Balaban J connectivity index is 1.56. The summed E-state index contributed by atoms with van der Waals surface area (Å²) in [6.07, 6.45) is 2.15. The van der Waals surface area contributed by atoms with Gasteiger partial charge in [-0.15, -0.1) is 0 Å². The lowest BCUT2D eigenvalue weighted by atomic mass is 9.71. The highest BCUT2D eigenvalue weighted by atomic mass is 19.3. The Morgan fingerprint density at radius 1 is 1.30 bits per heavy atom. The lowest BCUT2D eigenvalue weighted by Gasteiger charge is -2.49. The Morgan fingerprint density at radius 2 is 2.07 bits per heavy atom. The van der Waals surface area contributed by atoms with Gasteiger partial charge in [-0.3, -0.25) is 14.6 Å². The Labute approximate surface area is 157 Å². The third-order valence-electron chi connectivity index (χ3n) is 5.87. The van der Waals surface area contributed by atoms with Crippen LogP contribution in [0.1, 0.15) is 43.5 Å². The first-order chi connectivity index (χ1) is 12.8. The van der Waals surface area contributed by atoms with Crippen LogP contribution in [0.4, 0.5) is 8.78 Å². The third kappa shape index (κ3) is 3.69. The van der Waals surface area contributed by atoms with Crippen LogP contribution in [0.5, 0.6) is 0 Å². The molecular formula is C20H25F2N3O2. The van der Waals surface area contributed by atoms with Gasteiger partial charge in [-0.1, -0.05) is 6.07 Å². The van der Waals surface area contributed by atoms with E-state index in [-0.39, 0.29) is 24.3 Å². The SMILES string of the molecule is Cc1cccc(CN2CCC[C@@]3(CN(C(=O)C4CC4)CC(F)(F)C3)C2=O)n1. The number of amides is 2. The molecule has 0 unspecified atom stereocenters. The molecule has 2 amide bonds. The minimum Gasteiger partial charge on any atom is -0.336 e. The zero-order chi connectivity index (χ0) is 19.2. The van der Waals surface area contributed by atoms with E-state index in [1.165, 1.54) is 4.90 Å². The Morgan fingerprint density at radius 3 is 2.78 bits per heavy atom. The molecule has 7 heteroatoms. The molecule has 1 saturated carbocycles. The van der Waals surface area contributed by atoms with Crippen molar-refractivity contribution in [2.75, 3.05) is 19.6 Å². The molecule has 1 atom stereocenters. The van der Waals surface area contributed by atoms with Crippen molar-refractivity contribution in [2.24, 2.45) is 11.3 Å². The van der Waals surface area contributed by atoms with Gasteiger partial charge in [-0.05, 0) is 44.7 Å². The van der Waals surface area contributed by atoms with Crippen LogP contribution in [0, 0.1) is 18.3 Å². The molecule has 2 saturated heterocycles. The van der Waals surface area contributed by atoms with Gasteiger partial charge in [-0.2, -0.15) is 0 Å². The first-order valence-electron chi connectivity index (χ1n) is 9.67. The van der Waals surface area contributed by atoms with Crippen molar-refractivity contribution >= 4 is 11.8 Å². The summed E-state index contributed by atoms with van der Waals surface area (Å²) < 4.78 is 29.1. The van der Waals surface area contributed by atoms with Gasteiger partial charge in [0.25, 0.3) is 5.92 Å². The van der Waals surface area contributed by atoms with Crippen molar-refractivity contribution in [1.82, 2.24) is 14.8 Å². The first-order valence-corrected chi connectivity index (χ1v) is 9.67. The average Bonchev–Trinajstić information content (AvgIpc) is 3.42. The first kappa shape index (κ1) is 18.3. The van der Waals surface area contributed by atoms with Crippen molar-refractivity contribution in [1.29, 1.82) is 0 Å². The number of rotatable bonds is 3. The highest BCUT2D eigenvalue weighted by Crippen LogP contribution is 2.46. The fourth-order valence-corrected chi connectivity index (χ4v) is 4.55. The maximum atomic E-state index is 14.5. The average molecular weight is 377 g/mol. The molecule has 0 aromatic carbocycles. The largest absolute Gasteiger partial charge is 0.336 e. The summed E-state index contributed by atoms with van der Waals surface area (Å²) in [4.78, 5) is 33.0. The van der Waals surface area contributed by atoms with E-state index in [1.807, 2.05) is 25.1 Å². The molecule has 0 bridgehead atoms. The topological polar surface area (TPSA) is 53.5 Å². The van der Waals surface area contributed by atoms with Crippen LogP contribution >= 0.6 is 0 Å². The molecule has 1 aromatic heterocycles. The summed E-state index contributed by atoms with van der Waals surface area (Å²) in [5, 5.41) is 0. The molecule has 0 N–H and O–H groups in total. The summed E-state index contributed by atoms with van der Waals surface area (Å²) in [7, 11) is 0. The number of carbonyl (C=O) groups excluding carboxylic acids is 2. The number of hydrogen-bond donors (Lipinski definition) is 0. The quantitative estimate of drug-likeness (QED) is 0.814. The van der Waals surface area contributed by atoms with E-state index in [4.69, 9.17) is 0 Å². The summed E-state index contributed by atoms with van der Waals surface area (Å²) in [5.74, 6) is -3.62. The van der Waals surface area contributed by atoms with Gasteiger partial charge in [0.1, 0.15) is 0 Å². The molecule has 1 aliphatic carbocycles. The van der Waals surface area contributed by atoms with Crippen LogP contribution in [0.15, 0.2) is 18.2 Å². The standard InChI is InChI=1S/C20H25F2N3O2/c1-14-4-2-5-16(23-14)10-24-9-3-8-19(18(24)27)11-20(21,22)13-25(12-19)17(26)15-6-7-15/h2,4-5,15H,3,6-13H2,1H3/t19-/m1/s1. The van der Waals surface area contributed by atoms with Crippen molar-refractivity contribution in [2.45, 2.75) is 51.5 Å². The van der Waals surface area contributed by atoms with Crippen LogP contribution < -0.4 is 0 Å². The Bertz CT molecular complexity index is 765. The lowest BCUT2D eigenvalue weighted by Crippen LogP contribution is -2.62. The maximum absolute atomic E-state index is 14.5. The molecule has 3 fully saturated rings. The Kier molecular flexibility index (Phi) is 4.43. The number of nitrogens with zero attached hydrogens (tertiary/aromatic N) is 3. The predicted molar refractivity (Wildman–Crippen MR) is 94.9 cm³/mol. The summed E-state index contributed by atoms with van der Waals surface area (Å²) in [6.45, 7) is 2.31. The summed E-state index contributed by atoms with van der Waals surface area (Å²) >= 11 is 0. The molecule has 0 radical (unpaired) electrons. The van der Waals surface area contributed by atoms with Crippen LogP contribution in [0.2, 0.25) is 0 Å². The number of pyridine rings is 1. The number of aryl methyl sites for hydroxylation is 1. The number of likely N-dealkylation sites (tertiary alicyclic amines) is 2. The number of alkyl halides is 2. The van der Waals surface area contributed by atoms with E-state index in [0.717, 1.165) is 24.2 Å². The van der Waals surface area contributed by atoms with Gasteiger partial charge in [0.2, 0.25) is 11.8 Å². The van der Waals surface area contributed by atoms with E-state index in [9.17, 15) is 18.4 Å². The minimum absolute atomic E-state index is 0.120. The number of carbonyl (C=O) groups is 2. The number of aromatic nitrogens is 1. The molecule has 1 spiro atoms. The van der Waals surface area contributed by atoms with Crippen LogP contribution in [-0.4, -0.2) is 52.2 Å². The van der Waals surface area contributed by atoms with E-state index < -0.39 is 24.3 Å². The fourth-order valence-electron chi connectivity index (χ4n) is 4.55. The normalized spacial score (nSPS) is 27.9. The van der Waals surface area contributed by atoms with E-state index in [0.29, 0.717) is 25.9 Å². The number of piperidine rings is 2. The molecule has 1 aromatic rings. The molecule has 5 nitrogen and oxygen atoms in total. The molecule has 2 aliphatic heterocycles. The summed E-state index contributed by atoms with van der Waals surface area (Å²) in [5.41, 5.74) is 0.444. The van der Waals surface area contributed by atoms with Crippen LogP contribution in [-0.2, 0) is 16.1 Å². The fraction of sp³-hybridized carbons (Fsp3) is 0.650. The number of hydrogen-bond acceptors (Lipinski definition) is 3. The van der Waals surface area contributed by atoms with Crippen molar-refractivity contribution in [3.05, 3.63) is 29.6 Å². The predicted octanol–water partition coefficient (Wildman–Crippen LogP) is 2.78. The van der Waals surface area contributed by atoms with E-state index in [1.54, 1.807) is 4.90 Å². The monoisotopic (exact) mass is 377 g/mol. The molecule has 146 valence electrons. The van der Waals surface area contributed by atoms with Crippen molar-refractivity contribution < 1.29 is 18.4 Å². The van der Waals surface area contributed by atoms with E-state index >= 15 is 0 Å². The third-order valence-corrected chi connectivity index (χ3v) is 5.87. The molecule has 3 aliphatic rings. The molecule has 27 heavy (non-hydrogen) atoms. The lowest BCUT2D eigenvalue weighted by molar-refractivity contribution is -0.175. The van der Waals surface area contributed by atoms with Crippen LogP contribution in [0.25, 0.3) is 0 Å². The van der Waals surface area contributed by atoms with Gasteiger partial charge in [-0.25, -0.2) is 8.78 Å². The van der Waals surface area contributed by atoms with Crippen LogP contribution in [0.3, 0.4) is 0 Å². The second-order valence-corrected chi connectivity index (χ2v) is 8.38. The molecule has 3 heterocycles. The summed E-state index contributed by atoms with van der Waals surface area (Å²) in [6, 6.07) is 5.61. The molecule has 4 rings (SSSR count). The van der Waals surface area contributed by atoms with Gasteiger partial charge in [0.05, 0.1) is 24.2 Å². The van der Waals surface area contributed by atoms with Crippen molar-refractivity contribution in [3.8, 4) is 0 Å². The minimum atomic E-state index is -3.02. The van der Waals surface area contributed by atoms with Gasteiger partial charge >= 0.3 is 0 Å². The van der Waals surface area contributed by atoms with E-state index in [2.05, 4.69) is 4.98 Å². The molecular weight excluding hydrogens is 352 g/mol. The Hall–Kier alpha value is -2.05. The van der Waals surface area contributed by atoms with Gasteiger partial charge in [0, 0.05) is 31.1 Å².